The number of pyridine rings is 1. The van der Waals surface area contributed by atoms with Crippen LogP contribution in [-0.4, -0.2) is 23.0 Å². The molecule has 3 rings (SSSR count). The molecule has 2 heterocycles. The van der Waals surface area contributed by atoms with E-state index in [1.54, 1.807) is 0 Å². The molecule has 0 spiro atoms. The molecule has 0 bridgehead atoms. The second-order valence-corrected chi connectivity index (χ2v) is 5.64. The summed E-state index contributed by atoms with van der Waals surface area (Å²) in [5.41, 5.74) is 2.28. The van der Waals surface area contributed by atoms with Gasteiger partial charge >= 0.3 is 0 Å². The Labute approximate surface area is 106 Å². The Morgan fingerprint density at radius 1 is 1.29 bits per heavy atom. The normalized spacial score (nSPS) is 19.6. The number of anilines is 1. The summed E-state index contributed by atoms with van der Waals surface area (Å²) >= 11 is 2.07. The highest BCUT2D eigenvalue weighted by Gasteiger charge is 2.15. The monoisotopic (exact) mass is 244 g/mol. The fraction of sp³-hybridized carbons (Fsp3) is 0.357. The molecule has 1 fully saturated rings. The molecule has 17 heavy (non-hydrogen) atoms. The number of fused-ring (bicyclic) bond motifs is 1. The van der Waals surface area contributed by atoms with Crippen LogP contribution in [0.5, 0.6) is 0 Å². The highest BCUT2D eigenvalue weighted by Crippen LogP contribution is 2.26. The Bertz CT molecular complexity index is 501. The van der Waals surface area contributed by atoms with Crippen molar-refractivity contribution in [2.24, 2.45) is 5.92 Å². The molecule has 0 amide bonds. The van der Waals surface area contributed by atoms with E-state index in [1.807, 2.05) is 12.3 Å². The predicted octanol–water partition coefficient (Wildman–Crippen LogP) is 3.40. The van der Waals surface area contributed by atoms with Gasteiger partial charge in [0.25, 0.3) is 0 Å². The molecule has 1 N–H and O–H groups in total. The van der Waals surface area contributed by atoms with Gasteiger partial charge in [-0.05, 0) is 48.1 Å². The van der Waals surface area contributed by atoms with E-state index in [0.717, 1.165) is 18.0 Å². The topological polar surface area (TPSA) is 24.9 Å². The summed E-state index contributed by atoms with van der Waals surface area (Å²) in [5.74, 6) is 3.45. The minimum atomic E-state index is 0.826. The average molecular weight is 244 g/mol. The Morgan fingerprint density at radius 3 is 3.18 bits per heavy atom. The van der Waals surface area contributed by atoms with Gasteiger partial charge in [-0.15, -0.1) is 0 Å². The van der Waals surface area contributed by atoms with Gasteiger partial charge < -0.3 is 5.32 Å². The number of hydrogen-bond acceptors (Lipinski definition) is 3. The van der Waals surface area contributed by atoms with Crippen LogP contribution in [0.1, 0.15) is 6.42 Å². The summed E-state index contributed by atoms with van der Waals surface area (Å²) < 4.78 is 0. The van der Waals surface area contributed by atoms with Crippen molar-refractivity contribution in [1.82, 2.24) is 4.98 Å². The second-order valence-electron chi connectivity index (χ2n) is 4.49. The molecule has 1 aromatic carbocycles. The molecule has 1 atom stereocenters. The quantitative estimate of drug-likeness (QED) is 0.895. The van der Waals surface area contributed by atoms with Gasteiger partial charge in [0.1, 0.15) is 0 Å². The van der Waals surface area contributed by atoms with Crippen LogP contribution < -0.4 is 5.32 Å². The van der Waals surface area contributed by atoms with Crippen molar-refractivity contribution in [2.45, 2.75) is 6.42 Å². The first-order chi connectivity index (χ1) is 8.43. The van der Waals surface area contributed by atoms with Crippen LogP contribution >= 0.6 is 11.8 Å². The molecule has 0 saturated carbocycles. The van der Waals surface area contributed by atoms with Crippen LogP contribution in [0.2, 0.25) is 0 Å². The fourth-order valence-electron chi connectivity index (χ4n) is 2.26. The first kappa shape index (κ1) is 10.9. The lowest BCUT2D eigenvalue weighted by Crippen LogP contribution is -2.13. The number of benzene rings is 1. The summed E-state index contributed by atoms with van der Waals surface area (Å²) in [7, 11) is 0. The molecule has 2 nitrogen and oxygen atoms in total. The van der Waals surface area contributed by atoms with Crippen LogP contribution in [0.15, 0.2) is 36.5 Å². The van der Waals surface area contributed by atoms with Gasteiger partial charge in [-0.3, -0.25) is 4.98 Å². The van der Waals surface area contributed by atoms with Crippen molar-refractivity contribution in [2.75, 3.05) is 23.4 Å². The van der Waals surface area contributed by atoms with E-state index in [0.29, 0.717) is 0 Å². The Hall–Kier alpha value is -1.22. The maximum Gasteiger partial charge on any atom is 0.0722 e. The summed E-state index contributed by atoms with van der Waals surface area (Å²) in [6.45, 7) is 1.08. The van der Waals surface area contributed by atoms with Crippen molar-refractivity contribution >= 4 is 28.4 Å². The van der Waals surface area contributed by atoms with Crippen molar-refractivity contribution in [3.8, 4) is 0 Å². The molecule has 0 radical (unpaired) electrons. The average Bonchev–Trinajstić information content (AvgIpc) is 2.89. The number of thioether (sulfide) groups is 1. The van der Waals surface area contributed by atoms with Crippen molar-refractivity contribution < 1.29 is 0 Å². The van der Waals surface area contributed by atoms with Crippen LogP contribution in [0.25, 0.3) is 10.9 Å². The largest absolute Gasteiger partial charge is 0.384 e. The Morgan fingerprint density at radius 2 is 2.29 bits per heavy atom. The maximum absolute atomic E-state index is 4.38. The number of hydrogen-bond donors (Lipinski definition) is 1. The molecule has 1 saturated heterocycles. The second kappa shape index (κ2) is 4.96. The van der Waals surface area contributed by atoms with Gasteiger partial charge in [0.15, 0.2) is 0 Å². The fourth-order valence-corrected chi connectivity index (χ4v) is 3.54. The van der Waals surface area contributed by atoms with Crippen LogP contribution in [0, 0.1) is 5.92 Å². The molecule has 3 heteroatoms. The van der Waals surface area contributed by atoms with Gasteiger partial charge in [-0.1, -0.05) is 6.07 Å². The Kier molecular flexibility index (Phi) is 3.18. The molecule has 2 aromatic rings. The molecule has 1 aromatic heterocycles. The number of nitrogens with zero attached hydrogens (tertiary/aromatic N) is 1. The molecule has 1 aliphatic heterocycles. The van der Waals surface area contributed by atoms with E-state index in [4.69, 9.17) is 0 Å². The zero-order valence-electron chi connectivity index (χ0n) is 9.73. The molecule has 1 aliphatic rings. The third-order valence-electron chi connectivity index (χ3n) is 3.25. The lowest BCUT2D eigenvalue weighted by molar-refractivity contribution is 0.632. The standard InChI is InChI=1S/C14H16N2S/c1-4-13-12(3-2-7-15-13)14(5-1)16-9-11-6-8-17-10-11/h1-5,7,11,16H,6,8-10H2. The van der Waals surface area contributed by atoms with E-state index < -0.39 is 0 Å². The van der Waals surface area contributed by atoms with Gasteiger partial charge in [0, 0.05) is 23.8 Å². The highest BCUT2D eigenvalue weighted by molar-refractivity contribution is 7.99. The number of rotatable bonds is 3. The van der Waals surface area contributed by atoms with Gasteiger partial charge in [-0.25, -0.2) is 0 Å². The number of aromatic nitrogens is 1. The molecule has 0 aliphatic carbocycles. The molecular formula is C14H16N2S. The van der Waals surface area contributed by atoms with Gasteiger partial charge in [-0.2, -0.15) is 11.8 Å². The van der Waals surface area contributed by atoms with Crippen LogP contribution in [0.4, 0.5) is 5.69 Å². The maximum atomic E-state index is 4.38. The SMILES string of the molecule is c1cc(NCC2CCSC2)c2cccnc2c1. The summed E-state index contributed by atoms with van der Waals surface area (Å²) in [6, 6.07) is 10.4. The van der Waals surface area contributed by atoms with Crippen LogP contribution in [-0.2, 0) is 0 Å². The molecular weight excluding hydrogens is 228 g/mol. The third-order valence-corrected chi connectivity index (χ3v) is 4.48. The van der Waals surface area contributed by atoms with E-state index in [2.05, 4.69) is 46.3 Å². The zero-order valence-corrected chi connectivity index (χ0v) is 10.5. The van der Waals surface area contributed by atoms with Crippen molar-refractivity contribution in [3.05, 3.63) is 36.5 Å². The molecule has 88 valence electrons. The summed E-state index contributed by atoms with van der Waals surface area (Å²) in [5, 5.41) is 4.80. The third kappa shape index (κ3) is 2.39. The first-order valence-corrected chi connectivity index (χ1v) is 7.24. The smallest absolute Gasteiger partial charge is 0.0722 e. The first-order valence-electron chi connectivity index (χ1n) is 6.09. The lowest BCUT2D eigenvalue weighted by Gasteiger charge is -2.12. The minimum absolute atomic E-state index is 0.826. The Balaban J connectivity index is 1.79. The minimum Gasteiger partial charge on any atom is -0.384 e. The predicted molar refractivity (Wildman–Crippen MR) is 75.7 cm³/mol. The highest BCUT2D eigenvalue weighted by atomic mass is 32.2. The number of nitrogens with one attached hydrogen (secondary N) is 1. The van der Waals surface area contributed by atoms with E-state index in [9.17, 15) is 0 Å². The van der Waals surface area contributed by atoms with Crippen molar-refractivity contribution in [3.63, 3.8) is 0 Å². The van der Waals surface area contributed by atoms with Gasteiger partial charge in [0.05, 0.1) is 5.52 Å². The summed E-state index contributed by atoms with van der Waals surface area (Å²) in [6.07, 6.45) is 3.19. The van der Waals surface area contributed by atoms with Crippen LogP contribution in [0.3, 0.4) is 0 Å². The molecule has 1 unspecified atom stereocenters. The van der Waals surface area contributed by atoms with Crippen molar-refractivity contribution in [1.29, 1.82) is 0 Å². The van der Waals surface area contributed by atoms with E-state index >= 15 is 0 Å². The summed E-state index contributed by atoms with van der Waals surface area (Å²) in [4.78, 5) is 4.38. The lowest BCUT2D eigenvalue weighted by atomic mass is 10.1. The van der Waals surface area contributed by atoms with Gasteiger partial charge in [0.2, 0.25) is 0 Å². The van der Waals surface area contributed by atoms with E-state index in [-0.39, 0.29) is 0 Å². The zero-order chi connectivity index (χ0) is 11.5. The van der Waals surface area contributed by atoms with E-state index in [1.165, 1.54) is 29.0 Å².